The van der Waals surface area contributed by atoms with Crippen LogP contribution in [0.25, 0.3) is 5.57 Å². The summed E-state index contributed by atoms with van der Waals surface area (Å²) in [5.74, 6) is 0.924. The molecular weight excluding hydrogens is 316 g/mol. The lowest BCUT2D eigenvalue weighted by molar-refractivity contribution is 0.357. The van der Waals surface area contributed by atoms with E-state index in [1.807, 2.05) is 0 Å². The first-order valence-corrected chi connectivity index (χ1v) is 11.3. The third-order valence-corrected chi connectivity index (χ3v) is 8.04. The van der Waals surface area contributed by atoms with Gasteiger partial charge in [-0.05, 0) is 35.5 Å². The molecule has 0 amide bonds. The first-order valence-electron chi connectivity index (χ1n) is 9.91. The maximum atomic E-state index is 2.41. The smallest absolute Gasteiger partial charge is 0.0802 e. The molecule has 4 rings (SSSR count). The van der Waals surface area contributed by atoms with Crippen molar-refractivity contribution in [1.82, 2.24) is 0 Å². The van der Waals surface area contributed by atoms with E-state index < -0.39 is 0 Å². The Bertz CT molecular complexity index is 764. The predicted octanol–water partition coefficient (Wildman–Crippen LogP) is 4.97. The van der Waals surface area contributed by atoms with Gasteiger partial charge in [0.2, 0.25) is 0 Å². The molecule has 2 aliphatic rings. The Labute approximate surface area is 154 Å². The van der Waals surface area contributed by atoms with Crippen LogP contribution in [0, 0.1) is 5.92 Å². The van der Waals surface area contributed by atoms with Gasteiger partial charge in [0, 0.05) is 0 Å². The number of hydrogen-bond acceptors (Lipinski definition) is 0. The maximum absolute atomic E-state index is 2.41. The average Bonchev–Trinajstić information content (AvgIpc) is 3.13. The van der Waals surface area contributed by atoms with Crippen LogP contribution < -0.4 is 5.19 Å². The van der Waals surface area contributed by atoms with Crippen molar-refractivity contribution in [2.24, 2.45) is 5.92 Å². The molecule has 1 heteroatoms. The van der Waals surface area contributed by atoms with Gasteiger partial charge in [-0.3, -0.25) is 0 Å². The summed E-state index contributed by atoms with van der Waals surface area (Å²) in [7, 11) is -0.385. The molecule has 0 saturated heterocycles. The summed E-state index contributed by atoms with van der Waals surface area (Å²) in [5.41, 5.74) is 4.54. The summed E-state index contributed by atoms with van der Waals surface area (Å²) in [5, 5.41) is 3.39. The molecule has 1 fully saturated rings. The van der Waals surface area contributed by atoms with E-state index in [0.717, 1.165) is 12.3 Å². The van der Waals surface area contributed by atoms with Crippen LogP contribution >= 0.6 is 0 Å². The van der Waals surface area contributed by atoms with Crippen molar-refractivity contribution in [3.05, 3.63) is 83.1 Å². The Morgan fingerprint density at radius 1 is 0.840 bits per heavy atom. The quantitative estimate of drug-likeness (QED) is 0.672. The lowest BCUT2D eigenvalue weighted by Crippen LogP contribution is -2.23. The highest BCUT2D eigenvalue weighted by atomic mass is 28.2. The van der Waals surface area contributed by atoms with E-state index in [1.54, 1.807) is 15.9 Å². The molecule has 0 N–H and O–H groups in total. The van der Waals surface area contributed by atoms with Crippen LogP contribution in [0.15, 0.2) is 71.9 Å². The highest BCUT2D eigenvalue weighted by Gasteiger charge is 2.17. The number of allylic oxidation sites excluding steroid dienone is 4. The zero-order valence-corrected chi connectivity index (χ0v) is 16.5. The molecule has 0 bridgehead atoms. The third kappa shape index (κ3) is 4.04. The van der Waals surface area contributed by atoms with Crippen LogP contribution in [0.1, 0.15) is 49.7 Å². The zero-order chi connectivity index (χ0) is 16.9. The molecule has 0 aliphatic heterocycles. The standard InChI is InChI=1S/C24H28Si/c1-3-10-19(11-4-1)18-21-14-7-8-16-23(21)25-24-17-9-15-22(24)20-12-5-2-6-13-20/h2,5-9,12-16,19H,1,3-4,10-11,17-18,25H2. The Hall–Kier alpha value is -1.86. The summed E-state index contributed by atoms with van der Waals surface area (Å²) in [4.78, 5) is 0. The fraction of sp³-hybridized carbons (Fsp3) is 0.333. The fourth-order valence-corrected chi connectivity index (χ4v) is 6.52. The van der Waals surface area contributed by atoms with E-state index in [9.17, 15) is 0 Å². The fourth-order valence-electron chi connectivity index (χ4n) is 4.49. The van der Waals surface area contributed by atoms with Gasteiger partial charge in [0.05, 0.1) is 9.52 Å². The second-order valence-corrected chi connectivity index (χ2v) is 9.61. The van der Waals surface area contributed by atoms with Gasteiger partial charge in [-0.25, -0.2) is 0 Å². The normalized spacial score (nSPS) is 18.6. The van der Waals surface area contributed by atoms with Gasteiger partial charge in [-0.2, -0.15) is 0 Å². The van der Waals surface area contributed by atoms with Crippen molar-refractivity contribution in [2.45, 2.75) is 44.9 Å². The van der Waals surface area contributed by atoms with Gasteiger partial charge < -0.3 is 0 Å². The topological polar surface area (TPSA) is 0 Å². The summed E-state index contributed by atoms with van der Waals surface area (Å²) in [6.07, 6.45) is 14.4. The van der Waals surface area contributed by atoms with Crippen molar-refractivity contribution in [2.75, 3.05) is 0 Å². The largest absolute Gasteiger partial charge is 0.0839 e. The molecule has 2 aliphatic carbocycles. The molecule has 25 heavy (non-hydrogen) atoms. The van der Waals surface area contributed by atoms with E-state index in [2.05, 4.69) is 66.7 Å². The van der Waals surface area contributed by atoms with Gasteiger partial charge in [-0.15, -0.1) is 0 Å². The third-order valence-electron chi connectivity index (χ3n) is 5.87. The predicted molar refractivity (Wildman–Crippen MR) is 112 cm³/mol. The van der Waals surface area contributed by atoms with Gasteiger partial charge >= 0.3 is 0 Å². The van der Waals surface area contributed by atoms with Crippen molar-refractivity contribution in [1.29, 1.82) is 0 Å². The number of rotatable bonds is 5. The molecule has 0 radical (unpaired) electrons. The molecule has 1 saturated carbocycles. The zero-order valence-electron chi connectivity index (χ0n) is 15.1. The minimum Gasteiger partial charge on any atom is -0.0802 e. The summed E-state index contributed by atoms with van der Waals surface area (Å²) in [6.45, 7) is 0. The molecule has 0 atom stereocenters. The van der Waals surface area contributed by atoms with Crippen molar-refractivity contribution < 1.29 is 0 Å². The van der Waals surface area contributed by atoms with Gasteiger partial charge in [0.1, 0.15) is 0 Å². The number of benzene rings is 2. The maximum Gasteiger partial charge on any atom is 0.0839 e. The van der Waals surface area contributed by atoms with Crippen LogP contribution in [-0.4, -0.2) is 9.52 Å². The Kier molecular flexibility index (Phi) is 5.32. The Morgan fingerprint density at radius 2 is 1.60 bits per heavy atom. The molecule has 2 aromatic carbocycles. The van der Waals surface area contributed by atoms with E-state index in [4.69, 9.17) is 0 Å². The van der Waals surface area contributed by atoms with Crippen molar-refractivity contribution in [3.8, 4) is 0 Å². The summed E-state index contributed by atoms with van der Waals surface area (Å²) < 4.78 is 0. The second kappa shape index (κ2) is 8.01. The molecule has 0 heterocycles. The van der Waals surface area contributed by atoms with E-state index >= 15 is 0 Å². The van der Waals surface area contributed by atoms with Gasteiger partial charge in [0.15, 0.2) is 0 Å². The molecule has 0 spiro atoms. The average molecular weight is 345 g/mol. The number of hydrogen-bond donors (Lipinski definition) is 0. The molecule has 0 unspecified atom stereocenters. The summed E-state index contributed by atoms with van der Waals surface area (Å²) >= 11 is 0. The molecular formula is C24H28Si. The van der Waals surface area contributed by atoms with E-state index in [0.29, 0.717) is 0 Å². The van der Waals surface area contributed by atoms with Crippen LogP contribution in [0.2, 0.25) is 0 Å². The van der Waals surface area contributed by atoms with Crippen LogP contribution in [0.3, 0.4) is 0 Å². The monoisotopic (exact) mass is 344 g/mol. The van der Waals surface area contributed by atoms with Crippen LogP contribution in [0.4, 0.5) is 0 Å². The Morgan fingerprint density at radius 3 is 2.44 bits per heavy atom. The van der Waals surface area contributed by atoms with E-state index in [1.165, 1.54) is 49.7 Å². The highest BCUT2D eigenvalue weighted by Crippen LogP contribution is 2.29. The van der Waals surface area contributed by atoms with Crippen molar-refractivity contribution in [3.63, 3.8) is 0 Å². The first-order chi connectivity index (χ1) is 12.4. The molecule has 0 aromatic heterocycles. The molecule has 2 aromatic rings. The second-order valence-electron chi connectivity index (χ2n) is 7.64. The van der Waals surface area contributed by atoms with Gasteiger partial charge in [-0.1, -0.05) is 109 Å². The van der Waals surface area contributed by atoms with Crippen LogP contribution in [0.5, 0.6) is 0 Å². The van der Waals surface area contributed by atoms with Crippen LogP contribution in [-0.2, 0) is 6.42 Å². The SMILES string of the molecule is C1=CC(c2ccccc2)=C([SiH2]c2ccccc2CC2CCCCC2)C1. The highest BCUT2D eigenvalue weighted by molar-refractivity contribution is 6.63. The Balaban J connectivity index is 1.56. The minimum atomic E-state index is -0.385. The lowest BCUT2D eigenvalue weighted by atomic mass is 9.85. The minimum absolute atomic E-state index is 0.385. The molecule has 128 valence electrons. The first kappa shape index (κ1) is 16.6. The van der Waals surface area contributed by atoms with E-state index in [-0.39, 0.29) is 9.52 Å². The van der Waals surface area contributed by atoms with Gasteiger partial charge in [0.25, 0.3) is 0 Å². The van der Waals surface area contributed by atoms with Crippen molar-refractivity contribution >= 4 is 20.3 Å². The lowest BCUT2D eigenvalue weighted by Gasteiger charge is -2.23. The summed E-state index contributed by atoms with van der Waals surface area (Å²) in [6, 6.07) is 20.3. The molecule has 0 nitrogen and oxygen atoms in total.